The summed E-state index contributed by atoms with van der Waals surface area (Å²) >= 11 is 0. The second-order valence-corrected chi connectivity index (χ2v) is 8.74. The van der Waals surface area contributed by atoms with E-state index in [1.54, 1.807) is 0 Å². The Labute approximate surface area is 174 Å². The highest BCUT2D eigenvalue weighted by atomic mass is 16.2. The van der Waals surface area contributed by atoms with Gasteiger partial charge in [-0.2, -0.15) is 0 Å². The van der Waals surface area contributed by atoms with Gasteiger partial charge in [0, 0.05) is 43.5 Å². The maximum Gasteiger partial charge on any atom is 0.225 e. The van der Waals surface area contributed by atoms with Gasteiger partial charge in [-0.25, -0.2) is 0 Å². The van der Waals surface area contributed by atoms with E-state index in [0.29, 0.717) is 11.5 Å². The van der Waals surface area contributed by atoms with Crippen molar-refractivity contribution in [1.82, 2.24) is 10.2 Å². The molecule has 1 aromatic carbocycles. The molecule has 0 radical (unpaired) electrons. The van der Waals surface area contributed by atoms with Crippen LogP contribution in [0.3, 0.4) is 0 Å². The van der Waals surface area contributed by atoms with Gasteiger partial charge in [-0.3, -0.25) is 14.4 Å². The summed E-state index contributed by atoms with van der Waals surface area (Å²) in [5.41, 5.74) is 2.72. The Bertz CT molecular complexity index is 744. The van der Waals surface area contributed by atoms with Crippen molar-refractivity contribution in [2.75, 3.05) is 13.1 Å². The van der Waals surface area contributed by atoms with Gasteiger partial charge < -0.3 is 10.2 Å². The van der Waals surface area contributed by atoms with E-state index >= 15 is 0 Å². The number of carbonyl (C=O) groups is 3. The average molecular weight is 399 g/mol. The van der Waals surface area contributed by atoms with E-state index in [9.17, 15) is 14.4 Å². The maximum absolute atomic E-state index is 12.6. The molecule has 3 rings (SSSR count). The quantitative estimate of drug-likeness (QED) is 0.738. The number of piperidine rings is 1. The Morgan fingerprint density at radius 3 is 2.34 bits per heavy atom. The fraction of sp³-hybridized carbons (Fsp3) is 0.625. The van der Waals surface area contributed by atoms with Gasteiger partial charge in [0.05, 0.1) is 0 Å². The van der Waals surface area contributed by atoms with Crippen LogP contribution in [-0.4, -0.2) is 41.6 Å². The number of nitrogens with one attached hydrogen (secondary N) is 1. The van der Waals surface area contributed by atoms with Gasteiger partial charge in [0.15, 0.2) is 5.78 Å². The highest BCUT2D eigenvalue weighted by molar-refractivity contribution is 5.99. The van der Waals surface area contributed by atoms with Crippen molar-refractivity contribution in [3.8, 4) is 0 Å². The zero-order valence-electron chi connectivity index (χ0n) is 17.8. The molecule has 1 N–H and O–H groups in total. The predicted molar refractivity (Wildman–Crippen MR) is 114 cm³/mol. The van der Waals surface area contributed by atoms with Crippen LogP contribution in [0, 0.1) is 19.8 Å². The van der Waals surface area contributed by atoms with Crippen molar-refractivity contribution < 1.29 is 14.4 Å². The van der Waals surface area contributed by atoms with E-state index in [0.717, 1.165) is 49.9 Å². The van der Waals surface area contributed by atoms with Crippen LogP contribution in [0.4, 0.5) is 0 Å². The minimum absolute atomic E-state index is 0.0225. The number of likely N-dealkylation sites (tertiary alicyclic amines) is 1. The number of hydrogen-bond donors (Lipinski definition) is 1. The van der Waals surface area contributed by atoms with E-state index in [1.807, 2.05) is 36.9 Å². The minimum atomic E-state index is -0.0688. The number of rotatable bonds is 6. The summed E-state index contributed by atoms with van der Waals surface area (Å²) in [5.74, 6) is 0.481. The molecule has 0 bridgehead atoms. The maximum atomic E-state index is 12.6. The van der Waals surface area contributed by atoms with E-state index in [1.165, 1.54) is 19.3 Å². The van der Waals surface area contributed by atoms with Gasteiger partial charge >= 0.3 is 0 Å². The van der Waals surface area contributed by atoms with Crippen molar-refractivity contribution in [2.24, 2.45) is 5.92 Å². The lowest BCUT2D eigenvalue weighted by atomic mass is 9.87. The van der Waals surface area contributed by atoms with Crippen molar-refractivity contribution in [2.45, 2.75) is 77.7 Å². The summed E-state index contributed by atoms with van der Waals surface area (Å²) in [7, 11) is 0. The molecule has 0 unspecified atom stereocenters. The van der Waals surface area contributed by atoms with Crippen LogP contribution < -0.4 is 5.32 Å². The molecule has 0 atom stereocenters. The minimum Gasteiger partial charge on any atom is -0.353 e. The largest absolute Gasteiger partial charge is 0.353 e. The molecular weight excluding hydrogens is 364 g/mol. The third-order valence-corrected chi connectivity index (χ3v) is 6.40. The lowest BCUT2D eigenvalue weighted by Gasteiger charge is -2.35. The van der Waals surface area contributed by atoms with Gasteiger partial charge in [0.2, 0.25) is 11.8 Å². The Balaban J connectivity index is 1.40. The van der Waals surface area contributed by atoms with Crippen LogP contribution >= 0.6 is 0 Å². The van der Waals surface area contributed by atoms with Crippen molar-refractivity contribution >= 4 is 17.6 Å². The van der Waals surface area contributed by atoms with E-state index in [-0.39, 0.29) is 36.5 Å². The standard InChI is InChI=1S/C24H34N2O3/c1-17-8-9-18(2)21(16-17)22(27)10-11-23(28)25-20-12-14-26(15-13-20)24(29)19-6-4-3-5-7-19/h8-9,16,19-20H,3-7,10-15H2,1-2H3,(H,25,28). The molecule has 2 fully saturated rings. The molecule has 158 valence electrons. The Morgan fingerprint density at radius 2 is 1.66 bits per heavy atom. The number of benzene rings is 1. The van der Waals surface area contributed by atoms with Crippen molar-refractivity contribution in [3.05, 3.63) is 34.9 Å². The molecule has 1 aromatic rings. The molecular formula is C24H34N2O3. The normalized spacial score (nSPS) is 18.5. The van der Waals surface area contributed by atoms with Gasteiger partial charge in [-0.05, 0) is 51.2 Å². The van der Waals surface area contributed by atoms with E-state index in [4.69, 9.17) is 0 Å². The summed E-state index contributed by atoms with van der Waals surface area (Å²) in [6.07, 6.45) is 7.71. The molecule has 1 aliphatic heterocycles. The topological polar surface area (TPSA) is 66.5 Å². The zero-order valence-corrected chi connectivity index (χ0v) is 17.8. The van der Waals surface area contributed by atoms with Gasteiger partial charge in [0.25, 0.3) is 0 Å². The first-order chi connectivity index (χ1) is 13.9. The highest BCUT2D eigenvalue weighted by Crippen LogP contribution is 2.26. The Morgan fingerprint density at radius 1 is 0.966 bits per heavy atom. The third-order valence-electron chi connectivity index (χ3n) is 6.40. The van der Waals surface area contributed by atoms with Crippen LogP contribution in [0.1, 0.15) is 79.3 Å². The lowest BCUT2D eigenvalue weighted by molar-refractivity contribution is -0.137. The second-order valence-electron chi connectivity index (χ2n) is 8.74. The molecule has 5 nitrogen and oxygen atoms in total. The summed E-state index contributed by atoms with van der Waals surface area (Å²) in [5, 5.41) is 3.06. The first-order valence-corrected chi connectivity index (χ1v) is 11.1. The smallest absolute Gasteiger partial charge is 0.225 e. The monoisotopic (exact) mass is 398 g/mol. The van der Waals surface area contributed by atoms with Crippen LogP contribution in [0.5, 0.6) is 0 Å². The SMILES string of the molecule is Cc1ccc(C)c(C(=O)CCC(=O)NC2CCN(C(=O)C3CCCCC3)CC2)c1. The number of amides is 2. The number of hydrogen-bond acceptors (Lipinski definition) is 3. The van der Waals surface area contributed by atoms with Crippen LogP contribution in [0.15, 0.2) is 18.2 Å². The molecule has 1 saturated carbocycles. The van der Waals surface area contributed by atoms with Gasteiger partial charge in [0.1, 0.15) is 0 Å². The number of carbonyl (C=O) groups excluding carboxylic acids is 3. The van der Waals surface area contributed by atoms with Gasteiger partial charge in [-0.15, -0.1) is 0 Å². The van der Waals surface area contributed by atoms with Gasteiger partial charge in [-0.1, -0.05) is 37.0 Å². The first-order valence-electron chi connectivity index (χ1n) is 11.1. The zero-order chi connectivity index (χ0) is 20.8. The predicted octanol–water partition coefficient (Wildman–Crippen LogP) is 3.95. The molecule has 1 heterocycles. The molecule has 2 aliphatic rings. The molecule has 0 aromatic heterocycles. The van der Waals surface area contributed by atoms with Crippen LogP contribution in [-0.2, 0) is 9.59 Å². The average Bonchev–Trinajstić information content (AvgIpc) is 2.74. The van der Waals surface area contributed by atoms with Crippen molar-refractivity contribution in [3.63, 3.8) is 0 Å². The first kappa shape index (κ1) is 21.5. The Kier molecular flexibility index (Phi) is 7.45. The molecule has 1 saturated heterocycles. The molecule has 0 spiro atoms. The molecule has 2 amide bonds. The summed E-state index contributed by atoms with van der Waals surface area (Å²) in [4.78, 5) is 39.4. The number of aryl methyl sites for hydroxylation is 2. The summed E-state index contributed by atoms with van der Waals surface area (Å²) < 4.78 is 0. The number of Topliss-reactive ketones (excluding diaryl/α,β-unsaturated/α-hetero) is 1. The summed E-state index contributed by atoms with van der Waals surface area (Å²) in [6.45, 7) is 5.34. The second kappa shape index (κ2) is 10.0. The van der Waals surface area contributed by atoms with Crippen LogP contribution in [0.25, 0.3) is 0 Å². The Hall–Kier alpha value is -2.17. The van der Waals surface area contributed by atoms with E-state index in [2.05, 4.69) is 5.32 Å². The fourth-order valence-electron chi connectivity index (χ4n) is 4.55. The lowest BCUT2D eigenvalue weighted by Crippen LogP contribution is -2.48. The summed E-state index contributed by atoms with van der Waals surface area (Å²) in [6, 6.07) is 5.94. The third kappa shape index (κ3) is 5.91. The van der Waals surface area contributed by atoms with Crippen LogP contribution in [0.2, 0.25) is 0 Å². The highest BCUT2D eigenvalue weighted by Gasteiger charge is 2.29. The number of ketones is 1. The van der Waals surface area contributed by atoms with E-state index < -0.39 is 0 Å². The van der Waals surface area contributed by atoms with Crippen molar-refractivity contribution in [1.29, 1.82) is 0 Å². The fourth-order valence-corrected chi connectivity index (χ4v) is 4.55. The number of nitrogens with zero attached hydrogens (tertiary/aromatic N) is 1. The molecule has 5 heteroatoms. The molecule has 1 aliphatic carbocycles. The molecule has 29 heavy (non-hydrogen) atoms.